The van der Waals surface area contributed by atoms with Crippen LogP contribution < -0.4 is 11.1 Å². The topological polar surface area (TPSA) is 75.4 Å². The molecule has 0 bridgehead atoms. The normalized spacial score (nSPS) is 14.1. The molecule has 0 spiro atoms. The van der Waals surface area contributed by atoms with Crippen molar-refractivity contribution in [3.05, 3.63) is 46.1 Å². The minimum atomic E-state index is -0.506. The van der Waals surface area contributed by atoms with Crippen LogP contribution in [0.3, 0.4) is 0 Å². The van der Waals surface area contributed by atoms with Crippen molar-refractivity contribution < 1.29 is 14.0 Å². The molecule has 26 heavy (non-hydrogen) atoms. The first kappa shape index (κ1) is 18.9. The maximum absolute atomic E-state index is 12.9. The molecule has 0 atom stereocenters. The van der Waals surface area contributed by atoms with E-state index in [1.165, 1.54) is 35.2 Å². The number of thiophene rings is 1. The second-order valence-corrected chi connectivity index (χ2v) is 8.14. The van der Waals surface area contributed by atoms with Crippen molar-refractivity contribution in [2.45, 2.75) is 24.8 Å². The first-order valence-corrected chi connectivity index (χ1v) is 10.1. The summed E-state index contributed by atoms with van der Waals surface area (Å²) in [6.07, 6.45) is 0.762. The molecule has 5 nitrogen and oxygen atoms in total. The van der Waals surface area contributed by atoms with Gasteiger partial charge < -0.3 is 11.1 Å². The quantitative estimate of drug-likeness (QED) is 0.740. The van der Waals surface area contributed by atoms with Gasteiger partial charge in [0.15, 0.2) is 0 Å². The van der Waals surface area contributed by atoms with Gasteiger partial charge in [-0.05, 0) is 42.8 Å². The molecule has 0 fully saturated rings. The monoisotopic (exact) mass is 393 g/mol. The standard InChI is InChI=1S/C18H20FN3O2S2/c1-2-22-8-7-13-14(9-22)26-18(16(13)17(20)24)21-15(23)10-25-12-5-3-11(19)4-6-12/h3-6H,2,7-10H2,1H3,(H2,20,24)(H,21,23). The van der Waals surface area contributed by atoms with Crippen LogP contribution in [0, 0.1) is 5.82 Å². The fraction of sp³-hybridized carbons (Fsp3) is 0.333. The van der Waals surface area contributed by atoms with Crippen molar-refractivity contribution in [3.8, 4) is 0 Å². The molecule has 0 saturated heterocycles. The number of anilines is 1. The number of primary amides is 1. The van der Waals surface area contributed by atoms with Crippen LogP contribution in [0.1, 0.15) is 27.7 Å². The number of fused-ring (bicyclic) bond motifs is 1. The highest BCUT2D eigenvalue weighted by atomic mass is 32.2. The van der Waals surface area contributed by atoms with Crippen molar-refractivity contribution in [1.82, 2.24) is 4.90 Å². The van der Waals surface area contributed by atoms with Crippen molar-refractivity contribution >= 4 is 39.9 Å². The van der Waals surface area contributed by atoms with E-state index < -0.39 is 5.91 Å². The Kier molecular flexibility index (Phi) is 5.95. The summed E-state index contributed by atoms with van der Waals surface area (Å²) in [5, 5.41) is 3.36. The molecule has 2 amide bonds. The molecule has 8 heteroatoms. The summed E-state index contributed by atoms with van der Waals surface area (Å²) in [6.45, 7) is 4.70. The molecule has 0 saturated carbocycles. The Labute approximate surface area is 159 Å². The number of nitrogens with zero attached hydrogens (tertiary/aromatic N) is 1. The van der Waals surface area contributed by atoms with E-state index in [9.17, 15) is 14.0 Å². The minimum Gasteiger partial charge on any atom is -0.365 e. The summed E-state index contributed by atoms with van der Waals surface area (Å²) in [5.41, 5.74) is 6.98. The number of carbonyl (C=O) groups is 2. The van der Waals surface area contributed by atoms with Gasteiger partial charge in [0.05, 0.1) is 11.3 Å². The second kappa shape index (κ2) is 8.20. The number of likely N-dealkylation sites (N-methyl/N-ethyl adjacent to an activating group) is 1. The van der Waals surface area contributed by atoms with Crippen LogP contribution in [0.5, 0.6) is 0 Å². The van der Waals surface area contributed by atoms with Crippen LogP contribution in [0.25, 0.3) is 0 Å². The highest BCUT2D eigenvalue weighted by Crippen LogP contribution is 2.37. The van der Waals surface area contributed by atoms with Crippen molar-refractivity contribution in [2.24, 2.45) is 5.73 Å². The number of hydrogen-bond acceptors (Lipinski definition) is 5. The first-order valence-electron chi connectivity index (χ1n) is 8.32. The minimum absolute atomic E-state index is 0.174. The van der Waals surface area contributed by atoms with Gasteiger partial charge in [-0.1, -0.05) is 6.92 Å². The molecular weight excluding hydrogens is 373 g/mol. The molecule has 2 aromatic rings. The summed E-state index contributed by atoms with van der Waals surface area (Å²) < 4.78 is 12.9. The van der Waals surface area contributed by atoms with Gasteiger partial charge in [-0.2, -0.15) is 0 Å². The summed E-state index contributed by atoms with van der Waals surface area (Å²) >= 11 is 2.74. The zero-order valence-electron chi connectivity index (χ0n) is 14.4. The Morgan fingerprint density at radius 3 is 2.73 bits per heavy atom. The number of hydrogen-bond donors (Lipinski definition) is 2. The van der Waals surface area contributed by atoms with Gasteiger partial charge in [-0.3, -0.25) is 14.5 Å². The number of nitrogens with one attached hydrogen (secondary N) is 1. The highest BCUT2D eigenvalue weighted by molar-refractivity contribution is 8.00. The van der Waals surface area contributed by atoms with E-state index in [-0.39, 0.29) is 17.5 Å². The molecule has 2 heterocycles. The molecule has 1 aliphatic rings. The summed E-state index contributed by atoms with van der Waals surface area (Å²) in [6, 6.07) is 5.98. The van der Waals surface area contributed by atoms with Crippen molar-refractivity contribution in [3.63, 3.8) is 0 Å². The number of carbonyl (C=O) groups excluding carboxylic acids is 2. The van der Waals surface area contributed by atoms with E-state index in [1.807, 2.05) is 0 Å². The van der Waals surface area contributed by atoms with Gasteiger partial charge in [0.1, 0.15) is 10.8 Å². The average Bonchev–Trinajstić information content (AvgIpc) is 2.98. The molecule has 3 rings (SSSR count). The van der Waals surface area contributed by atoms with E-state index in [4.69, 9.17) is 5.73 Å². The van der Waals surface area contributed by atoms with Gasteiger partial charge in [-0.15, -0.1) is 23.1 Å². The fourth-order valence-corrected chi connectivity index (χ4v) is 4.93. The van der Waals surface area contributed by atoms with E-state index in [0.717, 1.165) is 41.4 Å². The molecule has 1 aliphatic heterocycles. The van der Waals surface area contributed by atoms with E-state index in [2.05, 4.69) is 17.1 Å². The number of thioether (sulfide) groups is 1. The molecule has 0 aliphatic carbocycles. The average molecular weight is 394 g/mol. The number of benzene rings is 1. The zero-order valence-corrected chi connectivity index (χ0v) is 16.0. The Morgan fingerprint density at radius 1 is 1.35 bits per heavy atom. The molecule has 1 aromatic heterocycles. The van der Waals surface area contributed by atoms with Crippen LogP contribution in [-0.2, 0) is 17.8 Å². The van der Waals surface area contributed by atoms with Gasteiger partial charge in [0.2, 0.25) is 5.91 Å². The highest BCUT2D eigenvalue weighted by Gasteiger charge is 2.27. The van der Waals surface area contributed by atoms with Crippen LogP contribution in [0.2, 0.25) is 0 Å². The van der Waals surface area contributed by atoms with Crippen molar-refractivity contribution in [1.29, 1.82) is 0 Å². The second-order valence-electron chi connectivity index (χ2n) is 5.98. The van der Waals surface area contributed by atoms with E-state index in [0.29, 0.717) is 10.6 Å². The molecule has 3 N–H and O–H groups in total. The van der Waals surface area contributed by atoms with Crippen LogP contribution in [0.15, 0.2) is 29.2 Å². The van der Waals surface area contributed by atoms with E-state index in [1.54, 1.807) is 12.1 Å². The number of halogens is 1. The predicted octanol–water partition coefficient (Wildman–Crippen LogP) is 3.09. The van der Waals surface area contributed by atoms with Gasteiger partial charge in [-0.25, -0.2) is 4.39 Å². The number of amides is 2. The zero-order chi connectivity index (χ0) is 18.7. The molecule has 138 valence electrons. The Morgan fingerprint density at radius 2 is 2.08 bits per heavy atom. The predicted molar refractivity (Wildman–Crippen MR) is 103 cm³/mol. The van der Waals surface area contributed by atoms with Gasteiger partial charge >= 0.3 is 0 Å². The summed E-state index contributed by atoms with van der Waals surface area (Å²) in [7, 11) is 0. The maximum atomic E-state index is 12.9. The largest absolute Gasteiger partial charge is 0.365 e. The fourth-order valence-electron chi connectivity index (χ4n) is 2.92. The third-order valence-corrected chi connectivity index (χ3v) is 6.41. The summed E-state index contributed by atoms with van der Waals surface area (Å²) in [4.78, 5) is 28.4. The van der Waals surface area contributed by atoms with Crippen LogP contribution in [0.4, 0.5) is 9.39 Å². The Bertz CT molecular complexity index is 821. The lowest BCUT2D eigenvalue weighted by Crippen LogP contribution is -2.30. The SMILES string of the molecule is CCN1CCc2c(sc(NC(=O)CSc3ccc(F)cc3)c2C(N)=O)C1. The molecule has 1 aromatic carbocycles. The van der Waals surface area contributed by atoms with E-state index >= 15 is 0 Å². The molecular formula is C18H20FN3O2S2. The molecule has 0 unspecified atom stereocenters. The Hall–Kier alpha value is -1.90. The maximum Gasteiger partial charge on any atom is 0.251 e. The third kappa shape index (κ3) is 4.25. The first-order chi connectivity index (χ1) is 12.5. The lowest BCUT2D eigenvalue weighted by atomic mass is 10.0. The number of nitrogens with two attached hydrogens (primary N) is 1. The number of rotatable bonds is 6. The third-order valence-electron chi connectivity index (χ3n) is 4.27. The lowest BCUT2D eigenvalue weighted by molar-refractivity contribution is -0.113. The Balaban J connectivity index is 1.70. The van der Waals surface area contributed by atoms with Crippen LogP contribution >= 0.6 is 23.1 Å². The lowest BCUT2D eigenvalue weighted by Gasteiger charge is -2.25. The van der Waals surface area contributed by atoms with Gasteiger partial charge in [0.25, 0.3) is 5.91 Å². The van der Waals surface area contributed by atoms with Crippen LogP contribution in [-0.4, -0.2) is 35.6 Å². The van der Waals surface area contributed by atoms with Gasteiger partial charge in [0, 0.05) is 22.9 Å². The summed E-state index contributed by atoms with van der Waals surface area (Å²) in [5.74, 6) is -0.857. The smallest absolute Gasteiger partial charge is 0.251 e. The molecule has 0 radical (unpaired) electrons. The van der Waals surface area contributed by atoms with Crippen molar-refractivity contribution in [2.75, 3.05) is 24.2 Å².